The normalized spacial score (nSPS) is 16.5. The SMILES string of the molecule is CCOC(=O)c1c(NC(=O)COC(=O)COc2ccc3c(c2)CCC3)sc2c1CCC(C)C2. The van der Waals surface area contributed by atoms with E-state index < -0.39 is 24.5 Å². The number of carbonyl (C=O) groups is 3. The third kappa shape index (κ3) is 5.55. The number of rotatable bonds is 8. The maximum absolute atomic E-state index is 12.5. The zero-order chi connectivity index (χ0) is 23.4. The van der Waals surface area contributed by atoms with E-state index in [4.69, 9.17) is 14.2 Å². The first-order chi connectivity index (χ1) is 15.9. The Kier molecular flexibility index (Phi) is 7.33. The van der Waals surface area contributed by atoms with Crippen LogP contribution in [-0.2, 0) is 44.7 Å². The van der Waals surface area contributed by atoms with E-state index in [0.717, 1.165) is 49.0 Å². The molecule has 1 aromatic carbocycles. The Morgan fingerprint density at radius 2 is 1.91 bits per heavy atom. The van der Waals surface area contributed by atoms with Crippen molar-refractivity contribution in [3.63, 3.8) is 0 Å². The molecule has 1 amide bonds. The minimum atomic E-state index is -0.629. The average molecular weight is 472 g/mol. The highest BCUT2D eigenvalue weighted by Crippen LogP contribution is 2.40. The molecular weight excluding hydrogens is 442 g/mol. The first kappa shape index (κ1) is 23.3. The Bertz CT molecular complexity index is 1060. The number of aryl methyl sites for hydroxylation is 2. The van der Waals surface area contributed by atoms with E-state index in [1.54, 1.807) is 6.92 Å². The van der Waals surface area contributed by atoms with Crippen LogP contribution in [0.5, 0.6) is 5.75 Å². The summed E-state index contributed by atoms with van der Waals surface area (Å²) in [7, 11) is 0. The van der Waals surface area contributed by atoms with Crippen LogP contribution in [0.15, 0.2) is 18.2 Å². The number of esters is 2. The van der Waals surface area contributed by atoms with Crippen LogP contribution in [0, 0.1) is 5.92 Å². The minimum absolute atomic E-state index is 0.259. The van der Waals surface area contributed by atoms with Gasteiger partial charge in [-0.2, -0.15) is 0 Å². The summed E-state index contributed by atoms with van der Waals surface area (Å²) in [5.74, 6) is -0.413. The van der Waals surface area contributed by atoms with Crippen LogP contribution in [0.2, 0.25) is 0 Å². The summed E-state index contributed by atoms with van der Waals surface area (Å²) >= 11 is 1.40. The van der Waals surface area contributed by atoms with E-state index in [2.05, 4.69) is 12.2 Å². The van der Waals surface area contributed by atoms with E-state index in [9.17, 15) is 14.4 Å². The fourth-order valence-electron chi connectivity index (χ4n) is 4.39. The maximum atomic E-state index is 12.5. The van der Waals surface area contributed by atoms with Gasteiger partial charge in [0, 0.05) is 4.88 Å². The van der Waals surface area contributed by atoms with Crippen molar-refractivity contribution in [3.8, 4) is 5.75 Å². The molecule has 33 heavy (non-hydrogen) atoms. The van der Waals surface area contributed by atoms with Crippen molar-refractivity contribution in [3.05, 3.63) is 45.3 Å². The van der Waals surface area contributed by atoms with Gasteiger partial charge in [-0.15, -0.1) is 11.3 Å². The van der Waals surface area contributed by atoms with Crippen molar-refractivity contribution < 1.29 is 28.6 Å². The molecule has 0 spiro atoms. The maximum Gasteiger partial charge on any atom is 0.344 e. The molecule has 0 saturated carbocycles. The lowest BCUT2D eigenvalue weighted by Crippen LogP contribution is -2.24. The summed E-state index contributed by atoms with van der Waals surface area (Å²) in [5.41, 5.74) is 3.98. The minimum Gasteiger partial charge on any atom is -0.482 e. The molecule has 2 aromatic rings. The summed E-state index contributed by atoms with van der Waals surface area (Å²) in [6, 6.07) is 5.83. The van der Waals surface area contributed by atoms with Crippen LogP contribution in [0.4, 0.5) is 5.00 Å². The number of carbonyl (C=O) groups excluding carboxylic acids is 3. The van der Waals surface area contributed by atoms with Gasteiger partial charge in [-0.05, 0) is 80.2 Å². The number of nitrogens with one attached hydrogen (secondary N) is 1. The van der Waals surface area contributed by atoms with Gasteiger partial charge in [0.1, 0.15) is 10.8 Å². The van der Waals surface area contributed by atoms with Crippen LogP contribution in [0.1, 0.15) is 58.6 Å². The molecule has 2 aliphatic rings. The molecular formula is C25H29NO6S. The second kappa shape index (κ2) is 10.4. The third-order valence-electron chi connectivity index (χ3n) is 6.04. The third-order valence-corrected chi connectivity index (χ3v) is 7.20. The smallest absolute Gasteiger partial charge is 0.344 e. The number of hydrogen-bond acceptors (Lipinski definition) is 7. The van der Waals surface area contributed by atoms with E-state index in [1.807, 2.05) is 18.2 Å². The van der Waals surface area contributed by atoms with Crippen LogP contribution < -0.4 is 10.1 Å². The van der Waals surface area contributed by atoms with Crippen molar-refractivity contribution in [1.82, 2.24) is 0 Å². The fourth-order valence-corrected chi connectivity index (χ4v) is 5.80. The number of hydrogen-bond donors (Lipinski definition) is 1. The number of fused-ring (bicyclic) bond motifs is 2. The lowest BCUT2D eigenvalue weighted by Gasteiger charge is -2.18. The summed E-state index contributed by atoms with van der Waals surface area (Å²) < 4.78 is 15.8. The molecule has 0 fully saturated rings. The van der Waals surface area contributed by atoms with Crippen molar-refractivity contribution in [1.29, 1.82) is 0 Å². The number of ether oxygens (including phenoxy) is 3. The first-order valence-electron chi connectivity index (χ1n) is 11.5. The lowest BCUT2D eigenvalue weighted by atomic mass is 9.88. The van der Waals surface area contributed by atoms with Crippen molar-refractivity contribution in [2.45, 2.75) is 52.4 Å². The van der Waals surface area contributed by atoms with Crippen molar-refractivity contribution >= 4 is 34.2 Å². The Hall–Kier alpha value is -2.87. The van der Waals surface area contributed by atoms with E-state index in [0.29, 0.717) is 22.2 Å². The molecule has 0 aliphatic heterocycles. The van der Waals surface area contributed by atoms with Gasteiger partial charge in [0.25, 0.3) is 5.91 Å². The monoisotopic (exact) mass is 471 g/mol. The highest BCUT2D eigenvalue weighted by molar-refractivity contribution is 7.17. The van der Waals surface area contributed by atoms with E-state index in [1.165, 1.54) is 22.5 Å². The number of thiophene rings is 1. The molecule has 1 unspecified atom stereocenters. The molecule has 1 heterocycles. The molecule has 1 aromatic heterocycles. The second-order valence-electron chi connectivity index (χ2n) is 8.56. The highest BCUT2D eigenvalue weighted by atomic mass is 32.1. The Morgan fingerprint density at radius 3 is 2.73 bits per heavy atom. The molecule has 0 bridgehead atoms. The Balaban J connectivity index is 1.32. The summed E-state index contributed by atoms with van der Waals surface area (Å²) in [5, 5.41) is 3.20. The topological polar surface area (TPSA) is 90.9 Å². The molecule has 7 nitrogen and oxygen atoms in total. The van der Waals surface area contributed by atoms with Crippen molar-refractivity contribution in [2.75, 3.05) is 25.1 Å². The van der Waals surface area contributed by atoms with Gasteiger partial charge in [-0.25, -0.2) is 9.59 Å². The molecule has 4 rings (SSSR count). The molecule has 0 saturated heterocycles. The number of amides is 1. The summed E-state index contributed by atoms with van der Waals surface area (Å²) in [4.78, 5) is 38.2. The number of benzene rings is 1. The molecule has 176 valence electrons. The molecule has 2 aliphatic carbocycles. The largest absolute Gasteiger partial charge is 0.482 e. The molecule has 0 radical (unpaired) electrons. The second-order valence-corrected chi connectivity index (χ2v) is 9.66. The fraction of sp³-hybridized carbons (Fsp3) is 0.480. The van der Waals surface area contributed by atoms with Crippen LogP contribution in [0.3, 0.4) is 0 Å². The van der Waals surface area contributed by atoms with Gasteiger partial charge in [-0.1, -0.05) is 13.0 Å². The molecule has 1 N–H and O–H groups in total. The predicted molar refractivity (Wildman–Crippen MR) is 125 cm³/mol. The average Bonchev–Trinajstić information content (AvgIpc) is 3.39. The Morgan fingerprint density at radius 1 is 1.09 bits per heavy atom. The van der Waals surface area contributed by atoms with Gasteiger partial charge < -0.3 is 19.5 Å². The zero-order valence-corrected chi connectivity index (χ0v) is 19.8. The zero-order valence-electron chi connectivity index (χ0n) is 19.0. The summed E-state index contributed by atoms with van der Waals surface area (Å²) in [6.45, 7) is 3.46. The first-order valence-corrected chi connectivity index (χ1v) is 12.3. The molecule has 8 heteroatoms. The highest BCUT2D eigenvalue weighted by Gasteiger charge is 2.29. The van der Waals surface area contributed by atoms with Gasteiger partial charge in [0.15, 0.2) is 13.2 Å². The summed E-state index contributed by atoms with van der Waals surface area (Å²) in [6.07, 6.45) is 5.89. The van der Waals surface area contributed by atoms with Crippen molar-refractivity contribution in [2.24, 2.45) is 5.92 Å². The quantitative estimate of drug-likeness (QED) is 0.583. The van der Waals surface area contributed by atoms with Gasteiger partial charge in [0.2, 0.25) is 0 Å². The van der Waals surface area contributed by atoms with Gasteiger partial charge in [-0.3, -0.25) is 4.79 Å². The standard InChI is InChI=1S/C25H29NO6S/c1-3-30-25(29)23-19-10-7-15(2)11-20(19)33-24(23)26-21(27)13-32-22(28)14-31-18-9-8-16-5-4-6-17(16)12-18/h8-9,12,15H,3-7,10-11,13-14H2,1-2H3,(H,26,27). The van der Waals surface area contributed by atoms with Gasteiger partial charge in [0.05, 0.1) is 12.2 Å². The van der Waals surface area contributed by atoms with E-state index in [-0.39, 0.29) is 13.2 Å². The van der Waals surface area contributed by atoms with Crippen LogP contribution >= 0.6 is 11.3 Å². The van der Waals surface area contributed by atoms with Crippen LogP contribution in [-0.4, -0.2) is 37.7 Å². The van der Waals surface area contributed by atoms with Gasteiger partial charge >= 0.3 is 11.9 Å². The van der Waals surface area contributed by atoms with E-state index >= 15 is 0 Å². The number of anilines is 1. The Labute approximate surface area is 197 Å². The predicted octanol–water partition coefficient (Wildman–Crippen LogP) is 4.10. The van der Waals surface area contributed by atoms with Crippen LogP contribution in [0.25, 0.3) is 0 Å². The molecule has 1 atom stereocenters. The lowest BCUT2D eigenvalue weighted by molar-refractivity contribution is -0.149.